The van der Waals surface area contributed by atoms with Crippen LogP contribution in [0.1, 0.15) is 0 Å². The van der Waals surface area contributed by atoms with Crippen LogP contribution in [0.3, 0.4) is 0 Å². The summed E-state index contributed by atoms with van der Waals surface area (Å²) in [6, 6.07) is 80.4. The van der Waals surface area contributed by atoms with Crippen LogP contribution in [0.15, 0.2) is 252 Å². The largest absolute Gasteiger partial charge is 0.448 e. The molecule has 4 aliphatic rings. The van der Waals surface area contributed by atoms with Crippen molar-refractivity contribution < 1.29 is 26.5 Å². The monoisotopic (exact) mass is 1040 g/mol. The Hall–Kier alpha value is -7.33. The molecule has 4 heterocycles. The van der Waals surface area contributed by atoms with E-state index in [4.69, 9.17) is 18.1 Å². The molecule has 0 amide bonds. The predicted molar refractivity (Wildman–Crippen MR) is 300 cm³/mol. The molecule has 0 fully saturated rings. The number of nitrogens with zero attached hydrogens (tertiary/aromatic N) is 2. The fraction of sp³-hybridized carbons (Fsp3) is 0. The lowest BCUT2D eigenvalue weighted by Crippen LogP contribution is -2.31. The van der Waals surface area contributed by atoms with E-state index < -0.39 is 43.0 Å². The summed E-state index contributed by atoms with van der Waals surface area (Å²) in [4.78, 5) is 0.339. The van der Waals surface area contributed by atoms with Gasteiger partial charge in [0.2, 0.25) is 43.0 Å². The van der Waals surface area contributed by atoms with Gasteiger partial charge in [-0.15, -0.1) is 0 Å². The van der Waals surface area contributed by atoms with Gasteiger partial charge < -0.3 is 18.1 Å². The van der Waals surface area contributed by atoms with E-state index in [9.17, 15) is 8.42 Å². The number of hydrogen-bond acceptors (Lipinski definition) is 8. The van der Waals surface area contributed by atoms with Crippen molar-refractivity contribution in [2.45, 2.75) is 9.79 Å². The smallest absolute Gasteiger partial charge is 0.232 e. The molecule has 0 saturated carbocycles. The van der Waals surface area contributed by atoms with E-state index in [-0.39, 0.29) is 9.79 Å². The molecular formula is C60H40N2O6P4S. The zero-order valence-corrected chi connectivity index (χ0v) is 43.0. The standard InChI is InChI=1S/C60H40N2O6P4S/c63-73(64,43-37-33-41(34-38-43)61(69-57-29-13-5-21-49(57)45-17-1-9-25-53(45)65-69)70-58-30-14-6-22-50(58)46-18-2-10-26-54(46)66-70)44-39-35-42(36-40-44)62(71-59-31-15-7-23-51(59)47-19-3-11-27-55(47)67-71)72-60-32-16-8-24-52(60)48-20-4-12-28-56(48)68-72/h1-40H. The third-order valence-corrected chi connectivity index (χ3v) is 24.1. The average Bonchev–Trinajstić information content (AvgIpc) is 3.46. The highest BCUT2D eigenvalue weighted by molar-refractivity contribution is 7.91. The summed E-state index contributed by atoms with van der Waals surface area (Å²) in [5, 5.41) is 4.19. The molecule has 0 aliphatic carbocycles. The summed E-state index contributed by atoms with van der Waals surface area (Å²) in [7, 11) is -10.2. The predicted octanol–water partition coefficient (Wildman–Crippen LogP) is 14.9. The van der Waals surface area contributed by atoms with Crippen molar-refractivity contribution in [3.05, 3.63) is 243 Å². The van der Waals surface area contributed by atoms with Crippen LogP contribution >= 0.6 is 33.2 Å². The molecule has 0 bridgehead atoms. The lowest BCUT2D eigenvalue weighted by molar-refractivity contribution is 0.596. The first-order chi connectivity index (χ1) is 36.0. The van der Waals surface area contributed by atoms with Crippen LogP contribution in [0.25, 0.3) is 44.5 Å². The fourth-order valence-electron chi connectivity index (χ4n) is 9.90. The van der Waals surface area contributed by atoms with Crippen molar-refractivity contribution in [3.63, 3.8) is 0 Å². The maximum atomic E-state index is 14.9. The first-order valence-electron chi connectivity index (χ1n) is 23.7. The Labute approximate surface area is 428 Å². The molecule has 73 heavy (non-hydrogen) atoms. The van der Waals surface area contributed by atoms with Gasteiger partial charge in [0.25, 0.3) is 0 Å². The van der Waals surface area contributed by atoms with Gasteiger partial charge in [-0.2, -0.15) is 0 Å². The lowest BCUT2D eigenvalue weighted by Gasteiger charge is -2.42. The van der Waals surface area contributed by atoms with Crippen molar-refractivity contribution >= 4 is 75.6 Å². The minimum Gasteiger partial charge on any atom is -0.448 e. The van der Waals surface area contributed by atoms with Crippen molar-refractivity contribution in [1.29, 1.82) is 0 Å². The number of sulfone groups is 1. The van der Waals surface area contributed by atoms with Crippen LogP contribution in [0, 0.1) is 0 Å². The van der Waals surface area contributed by atoms with E-state index in [0.717, 1.165) is 100 Å². The number of rotatable bonds is 8. The SMILES string of the molecule is O=S(=O)(c1ccc(N(P2Oc3ccccc3-c3ccccc32)P2Oc3ccccc3-c3ccccc32)cc1)c1ccc(N(P2Oc3ccccc3-c3ccccc32)P2Oc3ccccc3-c3ccccc32)cc1. The maximum absolute atomic E-state index is 14.9. The van der Waals surface area contributed by atoms with Crippen LogP contribution < -0.4 is 48.2 Å². The highest BCUT2D eigenvalue weighted by Crippen LogP contribution is 2.66. The van der Waals surface area contributed by atoms with Crippen molar-refractivity contribution in [3.8, 4) is 67.5 Å². The third-order valence-electron chi connectivity index (χ3n) is 13.3. The average molecular weight is 1040 g/mol. The second-order valence-electron chi connectivity index (χ2n) is 17.6. The van der Waals surface area contributed by atoms with Crippen LogP contribution in [0.4, 0.5) is 11.4 Å². The molecule has 4 aliphatic heterocycles. The molecule has 10 aromatic carbocycles. The molecular weight excluding hydrogens is 1000 g/mol. The van der Waals surface area contributed by atoms with Gasteiger partial charge in [0.15, 0.2) is 0 Å². The minimum absolute atomic E-state index is 0.169. The quantitative estimate of drug-likeness (QED) is 0.139. The number of benzene rings is 10. The van der Waals surface area contributed by atoms with Gasteiger partial charge in [-0.3, -0.25) is 8.88 Å². The normalized spacial score (nSPS) is 17.3. The summed E-state index contributed by atoms with van der Waals surface area (Å²) in [5.74, 6) is 3.15. The van der Waals surface area contributed by atoms with Gasteiger partial charge in [-0.05, 0) is 119 Å². The molecule has 13 heteroatoms. The van der Waals surface area contributed by atoms with Crippen molar-refractivity contribution in [2.75, 3.05) is 8.88 Å². The summed E-state index contributed by atoms with van der Waals surface area (Å²) in [5.41, 5.74) is 10.0. The van der Waals surface area contributed by atoms with Crippen molar-refractivity contribution in [2.24, 2.45) is 0 Å². The first-order valence-corrected chi connectivity index (χ1v) is 30.0. The Morgan fingerprint density at radius 3 is 0.740 bits per heavy atom. The molecule has 352 valence electrons. The van der Waals surface area contributed by atoms with Gasteiger partial charge in [-0.1, -0.05) is 146 Å². The highest BCUT2D eigenvalue weighted by atomic mass is 32.2. The minimum atomic E-state index is -4.02. The van der Waals surface area contributed by atoms with E-state index in [1.807, 2.05) is 121 Å². The molecule has 0 N–H and O–H groups in total. The van der Waals surface area contributed by atoms with Gasteiger partial charge in [-0.25, -0.2) is 8.42 Å². The van der Waals surface area contributed by atoms with Gasteiger partial charge in [0.1, 0.15) is 23.0 Å². The molecule has 0 spiro atoms. The molecule has 10 aromatic rings. The van der Waals surface area contributed by atoms with Crippen LogP contribution in [0.2, 0.25) is 0 Å². The summed E-state index contributed by atoms with van der Waals surface area (Å²) in [6.45, 7) is 0. The van der Waals surface area contributed by atoms with Gasteiger partial charge in [0, 0.05) is 43.5 Å². The Balaban J connectivity index is 0.851. The van der Waals surface area contributed by atoms with E-state index in [0.29, 0.717) is 0 Å². The second kappa shape index (κ2) is 18.0. The Bertz CT molecular complexity index is 3480. The topological polar surface area (TPSA) is 77.5 Å². The molecule has 4 atom stereocenters. The second-order valence-corrected chi connectivity index (χ2v) is 26.6. The molecule has 0 radical (unpaired) electrons. The van der Waals surface area contributed by atoms with Crippen LogP contribution in [0.5, 0.6) is 23.0 Å². The molecule has 0 saturated heterocycles. The molecule has 4 unspecified atom stereocenters. The van der Waals surface area contributed by atoms with E-state index >= 15 is 0 Å². The lowest BCUT2D eigenvalue weighted by atomic mass is 10.0. The molecule has 8 nitrogen and oxygen atoms in total. The zero-order chi connectivity index (χ0) is 48.6. The Morgan fingerprint density at radius 2 is 0.479 bits per heavy atom. The van der Waals surface area contributed by atoms with Crippen LogP contribution in [-0.4, -0.2) is 8.42 Å². The number of hydrogen-bond donors (Lipinski definition) is 0. The van der Waals surface area contributed by atoms with Crippen molar-refractivity contribution in [1.82, 2.24) is 0 Å². The highest BCUT2D eigenvalue weighted by Gasteiger charge is 2.44. The third kappa shape index (κ3) is 7.45. The fourth-order valence-corrected chi connectivity index (χ4v) is 20.7. The number of fused-ring (bicyclic) bond motifs is 12. The molecule has 14 rings (SSSR count). The number of para-hydroxylation sites is 4. The first kappa shape index (κ1) is 44.4. The Morgan fingerprint density at radius 1 is 0.260 bits per heavy atom. The van der Waals surface area contributed by atoms with Crippen LogP contribution in [-0.2, 0) is 9.84 Å². The van der Waals surface area contributed by atoms with E-state index in [1.54, 1.807) is 24.3 Å². The number of anilines is 2. The molecule has 0 aromatic heterocycles. The van der Waals surface area contributed by atoms with E-state index in [2.05, 4.69) is 106 Å². The van der Waals surface area contributed by atoms with Gasteiger partial charge >= 0.3 is 0 Å². The summed E-state index contributed by atoms with van der Waals surface area (Å²) >= 11 is 0. The summed E-state index contributed by atoms with van der Waals surface area (Å²) in [6.07, 6.45) is 0. The van der Waals surface area contributed by atoms with E-state index in [1.165, 1.54) is 0 Å². The van der Waals surface area contributed by atoms with Gasteiger partial charge in [0.05, 0.1) is 21.2 Å². The Kier molecular flexibility index (Phi) is 10.9. The maximum Gasteiger partial charge on any atom is 0.232 e. The summed E-state index contributed by atoms with van der Waals surface area (Å²) < 4.78 is 62.6. The zero-order valence-electron chi connectivity index (χ0n) is 38.6.